The molecule has 0 saturated carbocycles. The molecule has 1 aromatic rings. The second kappa shape index (κ2) is 5.62. The zero-order valence-corrected chi connectivity index (χ0v) is 10.8. The molecule has 1 rings (SSSR count). The number of nitrogens with zero attached hydrogens (tertiary/aromatic N) is 1. The van der Waals surface area contributed by atoms with E-state index >= 15 is 0 Å². The van der Waals surface area contributed by atoms with E-state index < -0.39 is 15.9 Å². The number of sulfonamides is 1. The van der Waals surface area contributed by atoms with E-state index in [-0.39, 0.29) is 10.8 Å². The van der Waals surface area contributed by atoms with E-state index in [2.05, 4.69) is 5.43 Å². The first-order chi connectivity index (χ1) is 8.36. The second-order valence-corrected chi connectivity index (χ2v) is 5.57. The third-order valence-corrected chi connectivity index (χ3v) is 3.39. The standard InChI is InChI=1S/C11H13N3O3S/c1-8(2)11(15)13-14-18(16,17)10-5-3-9(7-12)4-6-10/h3-6,8,14H,1-2H3,(H,13,15). The zero-order chi connectivity index (χ0) is 13.8. The Morgan fingerprint density at radius 2 is 1.83 bits per heavy atom. The summed E-state index contributed by atoms with van der Waals surface area (Å²) in [7, 11) is -3.81. The van der Waals surface area contributed by atoms with E-state index in [0.717, 1.165) is 0 Å². The third kappa shape index (κ3) is 3.55. The lowest BCUT2D eigenvalue weighted by Gasteiger charge is -2.09. The fraction of sp³-hybridized carbons (Fsp3) is 0.273. The number of hydrogen-bond donors (Lipinski definition) is 2. The van der Waals surface area contributed by atoms with Crippen LogP contribution in [-0.4, -0.2) is 14.3 Å². The lowest BCUT2D eigenvalue weighted by atomic mass is 10.2. The Balaban J connectivity index is 2.81. The molecule has 0 aromatic heterocycles. The zero-order valence-electron chi connectivity index (χ0n) is 9.97. The molecule has 0 atom stereocenters. The Bertz CT molecular complexity index is 571. The van der Waals surface area contributed by atoms with Crippen LogP contribution in [0.25, 0.3) is 0 Å². The van der Waals surface area contributed by atoms with Crippen LogP contribution in [0.2, 0.25) is 0 Å². The van der Waals surface area contributed by atoms with Crippen LogP contribution in [0, 0.1) is 17.2 Å². The maximum Gasteiger partial charge on any atom is 0.257 e. The molecule has 1 amide bonds. The molecule has 0 aliphatic heterocycles. The van der Waals surface area contributed by atoms with Crippen molar-refractivity contribution in [3.8, 4) is 6.07 Å². The summed E-state index contributed by atoms with van der Waals surface area (Å²) >= 11 is 0. The average molecular weight is 267 g/mol. The van der Waals surface area contributed by atoms with Gasteiger partial charge in [-0.3, -0.25) is 10.2 Å². The molecular formula is C11H13N3O3S. The van der Waals surface area contributed by atoms with Crippen molar-refractivity contribution in [2.45, 2.75) is 18.7 Å². The van der Waals surface area contributed by atoms with E-state index in [1.807, 2.05) is 10.9 Å². The molecule has 0 aliphatic carbocycles. The van der Waals surface area contributed by atoms with E-state index in [4.69, 9.17) is 5.26 Å². The van der Waals surface area contributed by atoms with Crippen molar-refractivity contribution in [3.63, 3.8) is 0 Å². The number of rotatable bonds is 4. The molecule has 96 valence electrons. The fourth-order valence-corrected chi connectivity index (χ4v) is 1.88. The lowest BCUT2D eigenvalue weighted by molar-refractivity contribution is -0.124. The van der Waals surface area contributed by atoms with Crippen molar-refractivity contribution in [1.29, 1.82) is 5.26 Å². The Labute approximate surface area is 106 Å². The molecule has 0 fully saturated rings. The SMILES string of the molecule is CC(C)C(=O)NNS(=O)(=O)c1ccc(C#N)cc1. The predicted molar refractivity (Wildman–Crippen MR) is 64.5 cm³/mol. The highest BCUT2D eigenvalue weighted by Gasteiger charge is 2.15. The summed E-state index contributed by atoms with van der Waals surface area (Å²) in [5, 5.41) is 8.60. The molecule has 0 unspecified atom stereocenters. The molecule has 0 aliphatic rings. The number of carbonyl (C=O) groups is 1. The number of amides is 1. The number of hydrogen-bond acceptors (Lipinski definition) is 4. The molecule has 0 heterocycles. The first kappa shape index (κ1) is 14.2. The highest BCUT2D eigenvalue weighted by atomic mass is 32.2. The van der Waals surface area contributed by atoms with Crippen molar-refractivity contribution in [2.75, 3.05) is 0 Å². The Hall–Kier alpha value is -1.91. The van der Waals surface area contributed by atoms with Crippen molar-refractivity contribution >= 4 is 15.9 Å². The number of benzene rings is 1. The van der Waals surface area contributed by atoms with Crippen LogP contribution in [-0.2, 0) is 14.8 Å². The Kier molecular flexibility index (Phi) is 4.42. The first-order valence-electron chi connectivity index (χ1n) is 5.18. The molecule has 1 aromatic carbocycles. The lowest BCUT2D eigenvalue weighted by Crippen LogP contribution is -2.43. The number of nitriles is 1. The van der Waals surface area contributed by atoms with Gasteiger partial charge in [0, 0.05) is 5.92 Å². The largest absolute Gasteiger partial charge is 0.277 e. The monoisotopic (exact) mass is 267 g/mol. The Morgan fingerprint density at radius 1 is 1.28 bits per heavy atom. The normalized spacial score (nSPS) is 11.0. The van der Waals surface area contributed by atoms with Gasteiger partial charge in [0.25, 0.3) is 10.0 Å². The third-order valence-electron chi connectivity index (χ3n) is 2.13. The molecule has 6 nitrogen and oxygen atoms in total. The summed E-state index contributed by atoms with van der Waals surface area (Å²) in [4.78, 5) is 13.2. The van der Waals surface area contributed by atoms with Crippen molar-refractivity contribution in [1.82, 2.24) is 10.3 Å². The first-order valence-corrected chi connectivity index (χ1v) is 6.67. The van der Waals surface area contributed by atoms with E-state index in [1.54, 1.807) is 13.8 Å². The summed E-state index contributed by atoms with van der Waals surface area (Å²) in [6.07, 6.45) is 0. The minimum atomic E-state index is -3.81. The molecule has 0 radical (unpaired) electrons. The van der Waals surface area contributed by atoms with E-state index in [0.29, 0.717) is 5.56 Å². The highest BCUT2D eigenvalue weighted by Crippen LogP contribution is 2.09. The van der Waals surface area contributed by atoms with Gasteiger partial charge in [-0.15, -0.1) is 4.83 Å². The maximum absolute atomic E-state index is 11.8. The van der Waals surface area contributed by atoms with Gasteiger partial charge < -0.3 is 0 Å². The van der Waals surface area contributed by atoms with Crippen molar-refractivity contribution in [2.24, 2.45) is 5.92 Å². The van der Waals surface area contributed by atoms with Gasteiger partial charge in [0.05, 0.1) is 16.5 Å². The van der Waals surface area contributed by atoms with Crippen molar-refractivity contribution < 1.29 is 13.2 Å². The molecule has 0 bridgehead atoms. The number of nitrogens with one attached hydrogen (secondary N) is 2. The minimum absolute atomic E-state index is 0.0226. The molecule has 0 spiro atoms. The van der Waals surface area contributed by atoms with Crippen LogP contribution in [0.1, 0.15) is 19.4 Å². The van der Waals surface area contributed by atoms with Gasteiger partial charge in [0.1, 0.15) is 0 Å². The van der Waals surface area contributed by atoms with Crippen LogP contribution in [0.15, 0.2) is 29.2 Å². The van der Waals surface area contributed by atoms with Crippen LogP contribution >= 0.6 is 0 Å². The van der Waals surface area contributed by atoms with Crippen LogP contribution in [0.3, 0.4) is 0 Å². The average Bonchev–Trinajstić information content (AvgIpc) is 2.36. The summed E-state index contributed by atoms with van der Waals surface area (Å²) in [5.74, 6) is -0.749. The van der Waals surface area contributed by atoms with Gasteiger partial charge in [-0.25, -0.2) is 8.42 Å². The van der Waals surface area contributed by atoms with Gasteiger partial charge >= 0.3 is 0 Å². The van der Waals surface area contributed by atoms with E-state index in [9.17, 15) is 13.2 Å². The quantitative estimate of drug-likeness (QED) is 0.777. The van der Waals surface area contributed by atoms with Crippen LogP contribution in [0.5, 0.6) is 0 Å². The summed E-state index contributed by atoms with van der Waals surface area (Å²) in [6, 6.07) is 7.25. The Morgan fingerprint density at radius 3 is 2.28 bits per heavy atom. The summed E-state index contributed by atoms with van der Waals surface area (Å²) in [5.41, 5.74) is 2.47. The summed E-state index contributed by atoms with van der Waals surface area (Å²) in [6.45, 7) is 3.29. The van der Waals surface area contributed by atoms with Gasteiger partial charge in [-0.1, -0.05) is 13.8 Å². The number of carbonyl (C=O) groups excluding carboxylic acids is 1. The molecular weight excluding hydrogens is 254 g/mol. The smallest absolute Gasteiger partial charge is 0.257 e. The molecule has 2 N–H and O–H groups in total. The fourth-order valence-electron chi connectivity index (χ4n) is 1.03. The van der Waals surface area contributed by atoms with Gasteiger partial charge in [0.2, 0.25) is 5.91 Å². The minimum Gasteiger partial charge on any atom is -0.277 e. The maximum atomic E-state index is 11.8. The molecule has 0 saturated heterocycles. The molecule has 18 heavy (non-hydrogen) atoms. The van der Waals surface area contributed by atoms with Crippen LogP contribution < -0.4 is 10.3 Å². The number of hydrazine groups is 1. The van der Waals surface area contributed by atoms with Crippen LogP contribution in [0.4, 0.5) is 0 Å². The highest BCUT2D eigenvalue weighted by molar-refractivity contribution is 7.89. The molecule has 7 heteroatoms. The predicted octanol–water partition coefficient (Wildman–Crippen LogP) is 0.524. The van der Waals surface area contributed by atoms with E-state index in [1.165, 1.54) is 24.3 Å². The second-order valence-electron chi connectivity index (χ2n) is 3.89. The van der Waals surface area contributed by atoms with Crippen molar-refractivity contribution in [3.05, 3.63) is 29.8 Å². The topological polar surface area (TPSA) is 99.1 Å². The summed E-state index contributed by atoms with van der Waals surface area (Å²) < 4.78 is 23.5. The van der Waals surface area contributed by atoms with Gasteiger partial charge in [-0.2, -0.15) is 5.26 Å². The van der Waals surface area contributed by atoms with Gasteiger partial charge in [0.15, 0.2) is 0 Å². The van der Waals surface area contributed by atoms with Gasteiger partial charge in [-0.05, 0) is 24.3 Å².